The zero-order chi connectivity index (χ0) is 23.3. The highest BCUT2D eigenvalue weighted by Gasteiger charge is 2.78. The Kier molecular flexibility index (Phi) is 6.31. The smallest absolute Gasteiger partial charge is 0.246 e. The average molecular weight is 450 g/mol. The molecule has 1 spiro atoms. The largest absolute Gasteiger partial charge is 0.394 e. The molecule has 180 valence electrons. The molecule has 32 heavy (non-hydrogen) atoms. The number of hydrogen-bond donors (Lipinski definition) is 3. The fourth-order valence-corrected chi connectivity index (χ4v) is 6.96. The fraction of sp³-hybridized carbons (Fsp3) is 0.875. The van der Waals surface area contributed by atoms with Gasteiger partial charge in [-0.2, -0.15) is 0 Å². The van der Waals surface area contributed by atoms with Crippen molar-refractivity contribution < 1.29 is 24.2 Å². The van der Waals surface area contributed by atoms with Crippen molar-refractivity contribution in [3.05, 3.63) is 0 Å². The van der Waals surface area contributed by atoms with E-state index >= 15 is 0 Å². The number of aliphatic hydroxyl groups is 1. The van der Waals surface area contributed by atoms with E-state index in [0.717, 1.165) is 25.7 Å². The van der Waals surface area contributed by atoms with Gasteiger partial charge < -0.3 is 25.4 Å². The highest BCUT2D eigenvalue weighted by Crippen LogP contribution is 2.63. The van der Waals surface area contributed by atoms with E-state index in [4.69, 9.17) is 4.74 Å². The molecule has 2 bridgehead atoms. The lowest BCUT2D eigenvalue weighted by Gasteiger charge is -2.38. The van der Waals surface area contributed by atoms with E-state index in [1.807, 2.05) is 20.8 Å². The second kappa shape index (κ2) is 8.60. The van der Waals surface area contributed by atoms with Crippen LogP contribution in [0.15, 0.2) is 0 Å². The second-order valence-corrected chi connectivity index (χ2v) is 10.9. The van der Waals surface area contributed by atoms with Crippen LogP contribution in [0, 0.1) is 17.8 Å². The molecule has 0 radical (unpaired) electrons. The Morgan fingerprint density at radius 1 is 1.19 bits per heavy atom. The number of rotatable bonds is 7. The van der Waals surface area contributed by atoms with E-state index in [0.29, 0.717) is 19.3 Å². The van der Waals surface area contributed by atoms with Crippen LogP contribution in [-0.2, 0) is 19.1 Å². The first-order valence-corrected chi connectivity index (χ1v) is 12.3. The van der Waals surface area contributed by atoms with Crippen LogP contribution in [0.5, 0.6) is 0 Å². The number of nitrogens with one attached hydrogen (secondary N) is 2. The summed E-state index contributed by atoms with van der Waals surface area (Å²) in [6.07, 6.45) is 7.02. The third kappa shape index (κ3) is 3.54. The van der Waals surface area contributed by atoms with E-state index in [9.17, 15) is 19.5 Å². The van der Waals surface area contributed by atoms with Crippen molar-refractivity contribution >= 4 is 17.7 Å². The van der Waals surface area contributed by atoms with E-state index in [1.165, 1.54) is 6.42 Å². The number of amides is 3. The maximum Gasteiger partial charge on any atom is 0.246 e. The van der Waals surface area contributed by atoms with Gasteiger partial charge in [-0.15, -0.1) is 0 Å². The summed E-state index contributed by atoms with van der Waals surface area (Å²) in [5, 5.41) is 16.1. The summed E-state index contributed by atoms with van der Waals surface area (Å²) in [7, 11) is 1.57. The Balaban J connectivity index is 1.73. The number of hydrogen-bond acceptors (Lipinski definition) is 5. The van der Waals surface area contributed by atoms with Crippen LogP contribution in [0.4, 0.5) is 0 Å². The summed E-state index contributed by atoms with van der Waals surface area (Å²) in [6.45, 7) is 5.75. The zero-order valence-electron chi connectivity index (χ0n) is 19.9. The van der Waals surface area contributed by atoms with Crippen molar-refractivity contribution in [3.8, 4) is 0 Å². The molecule has 3 amide bonds. The summed E-state index contributed by atoms with van der Waals surface area (Å²) < 4.78 is 6.56. The Hall–Kier alpha value is -1.67. The molecule has 0 aromatic heterocycles. The molecule has 8 heteroatoms. The highest BCUT2D eigenvalue weighted by atomic mass is 16.5. The Bertz CT molecular complexity index is 767. The Labute approximate surface area is 190 Å². The summed E-state index contributed by atoms with van der Waals surface area (Å²) in [4.78, 5) is 42.2. The molecule has 3 heterocycles. The predicted octanol–water partition coefficient (Wildman–Crippen LogP) is 1.35. The van der Waals surface area contributed by atoms with E-state index < -0.39 is 35.1 Å². The van der Waals surface area contributed by atoms with Crippen molar-refractivity contribution in [2.45, 2.75) is 101 Å². The number of carbonyl (C=O) groups excluding carboxylic acids is 3. The number of ether oxygens (including phenoxy) is 1. The van der Waals surface area contributed by atoms with Crippen molar-refractivity contribution in [2.75, 3.05) is 13.7 Å². The number of fused-ring (bicyclic) bond motifs is 1. The van der Waals surface area contributed by atoms with Gasteiger partial charge in [-0.05, 0) is 44.9 Å². The molecule has 3 aliphatic heterocycles. The first-order chi connectivity index (χ1) is 15.2. The number of aliphatic hydroxyl groups excluding tert-OH is 1. The third-order valence-corrected chi connectivity index (χ3v) is 8.29. The summed E-state index contributed by atoms with van der Waals surface area (Å²) in [5.74, 6) is -1.75. The normalized spacial score (nSPS) is 37.6. The molecule has 1 saturated carbocycles. The lowest BCUT2D eigenvalue weighted by Crippen LogP contribution is -2.59. The van der Waals surface area contributed by atoms with Crippen LogP contribution < -0.4 is 10.6 Å². The molecule has 0 aromatic carbocycles. The predicted molar refractivity (Wildman–Crippen MR) is 118 cm³/mol. The second-order valence-electron chi connectivity index (χ2n) is 10.9. The summed E-state index contributed by atoms with van der Waals surface area (Å²) in [6, 6.07) is -1.20. The van der Waals surface area contributed by atoms with Crippen LogP contribution >= 0.6 is 0 Å². The van der Waals surface area contributed by atoms with Crippen molar-refractivity contribution in [1.82, 2.24) is 15.5 Å². The minimum Gasteiger partial charge on any atom is -0.394 e. The minimum absolute atomic E-state index is 0.102. The van der Waals surface area contributed by atoms with E-state index in [1.54, 1.807) is 11.9 Å². The molecule has 8 nitrogen and oxygen atoms in total. The van der Waals surface area contributed by atoms with Crippen LogP contribution in [0.1, 0.15) is 72.1 Å². The van der Waals surface area contributed by atoms with Gasteiger partial charge in [-0.25, -0.2) is 0 Å². The molecule has 4 fully saturated rings. The van der Waals surface area contributed by atoms with Crippen molar-refractivity contribution in [3.63, 3.8) is 0 Å². The van der Waals surface area contributed by atoms with Crippen LogP contribution in [0.2, 0.25) is 0 Å². The van der Waals surface area contributed by atoms with Gasteiger partial charge in [0.15, 0.2) is 0 Å². The number of likely N-dealkylation sites (tertiary alicyclic amines) is 1. The van der Waals surface area contributed by atoms with Crippen LogP contribution in [-0.4, -0.2) is 70.7 Å². The molecule has 0 aromatic rings. The van der Waals surface area contributed by atoms with Gasteiger partial charge in [0.05, 0.1) is 30.1 Å². The van der Waals surface area contributed by atoms with Gasteiger partial charge in [-0.3, -0.25) is 14.4 Å². The van der Waals surface area contributed by atoms with Crippen molar-refractivity contribution in [2.24, 2.45) is 17.8 Å². The first kappa shape index (κ1) is 23.5. The molecule has 4 rings (SSSR count). The summed E-state index contributed by atoms with van der Waals surface area (Å²) >= 11 is 0. The van der Waals surface area contributed by atoms with Gasteiger partial charge >= 0.3 is 0 Å². The maximum atomic E-state index is 13.9. The lowest BCUT2D eigenvalue weighted by molar-refractivity contribution is -0.150. The van der Waals surface area contributed by atoms with Crippen molar-refractivity contribution in [1.29, 1.82) is 0 Å². The first-order valence-electron chi connectivity index (χ1n) is 12.3. The van der Waals surface area contributed by atoms with E-state index in [2.05, 4.69) is 10.6 Å². The molecular weight excluding hydrogens is 410 g/mol. The molecule has 6 atom stereocenters. The monoisotopic (exact) mass is 449 g/mol. The molecule has 3 N–H and O–H groups in total. The minimum atomic E-state index is -1.02. The quantitative estimate of drug-likeness (QED) is 0.544. The standard InChI is InChI=1S/C24H39N3O5/c1-14(2)12-16(13-28)27-19(21(30)26-15-8-6-5-7-9-15)24-11-10-23(3,32-24)17(20(29)25-4)18(24)22(27)31/h14-19,28H,5-13H2,1-4H3,(H,25,29)(H,26,30)/t16-,17+,18+,19?,23-,24?/m1/s1. The SMILES string of the molecule is CNC(=O)[C@@H]1[C@H]2C(=O)N([C@@H](CO)CC(C)C)C(C(=O)NC3CCCCC3)C23CC[C@@]1(C)O3. The maximum absolute atomic E-state index is 13.9. The molecule has 4 aliphatic rings. The van der Waals surface area contributed by atoms with Gasteiger partial charge in [0, 0.05) is 13.1 Å². The molecule has 1 aliphatic carbocycles. The van der Waals surface area contributed by atoms with E-state index in [-0.39, 0.29) is 36.3 Å². The number of nitrogens with zero attached hydrogens (tertiary/aromatic N) is 1. The third-order valence-electron chi connectivity index (χ3n) is 8.29. The van der Waals surface area contributed by atoms with Gasteiger partial charge in [0.1, 0.15) is 11.6 Å². The zero-order valence-corrected chi connectivity index (χ0v) is 19.9. The highest BCUT2D eigenvalue weighted by molar-refractivity contribution is 5.99. The number of carbonyl (C=O) groups is 3. The average Bonchev–Trinajstić information content (AvgIpc) is 3.33. The van der Waals surface area contributed by atoms with Crippen LogP contribution in [0.3, 0.4) is 0 Å². The van der Waals surface area contributed by atoms with Gasteiger partial charge in [0.25, 0.3) is 0 Å². The molecular formula is C24H39N3O5. The fourth-order valence-electron chi connectivity index (χ4n) is 6.96. The molecule has 3 saturated heterocycles. The van der Waals surface area contributed by atoms with Gasteiger partial charge in [-0.1, -0.05) is 33.1 Å². The molecule has 2 unspecified atom stereocenters. The van der Waals surface area contributed by atoms with Crippen LogP contribution in [0.25, 0.3) is 0 Å². The lowest BCUT2D eigenvalue weighted by atomic mass is 9.66. The summed E-state index contributed by atoms with van der Waals surface area (Å²) in [5.41, 5.74) is -1.78. The Morgan fingerprint density at radius 2 is 1.88 bits per heavy atom. The topological polar surface area (TPSA) is 108 Å². The Morgan fingerprint density at radius 3 is 2.47 bits per heavy atom. The van der Waals surface area contributed by atoms with Gasteiger partial charge in [0.2, 0.25) is 17.7 Å².